The molecule has 0 saturated heterocycles. The monoisotopic (exact) mass is 356 g/mol. The number of hydrogen-bond donors (Lipinski definition) is 1. The van der Waals surface area contributed by atoms with Gasteiger partial charge in [-0.25, -0.2) is 9.97 Å². The van der Waals surface area contributed by atoms with Gasteiger partial charge in [0.25, 0.3) is 0 Å². The fraction of sp³-hybridized carbons (Fsp3) is 0. The number of para-hydroxylation sites is 2. The topological polar surface area (TPSA) is 46.0 Å². The Morgan fingerprint density at radius 2 is 1.23 bits per heavy atom. The van der Waals surface area contributed by atoms with Crippen molar-refractivity contribution in [1.29, 1.82) is 0 Å². The Kier molecular flexibility index (Phi) is 3.30. The molecule has 0 amide bonds. The highest BCUT2D eigenvalue weighted by Crippen LogP contribution is 2.42. The van der Waals surface area contributed by atoms with Crippen LogP contribution in [0.2, 0.25) is 5.02 Å². The number of phenolic OH excluding ortho intramolecular Hbond substituents is 1. The minimum Gasteiger partial charge on any atom is -0.507 e. The van der Waals surface area contributed by atoms with Gasteiger partial charge in [0, 0.05) is 15.8 Å². The first-order chi connectivity index (χ1) is 12.7. The van der Waals surface area contributed by atoms with Crippen LogP contribution in [0, 0.1) is 0 Å². The van der Waals surface area contributed by atoms with Crippen LogP contribution in [0.15, 0.2) is 72.8 Å². The molecule has 0 bridgehead atoms. The van der Waals surface area contributed by atoms with Gasteiger partial charge in [-0.05, 0) is 29.8 Å². The molecule has 0 unspecified atom stereocenters. The minimum atomic E-state index is 0.208. The third-order valence-electron chi connectivity index (χ3n) is 4.61. The first kappa shape index (κ1) is 15.1. The van der Waals surface area contributed by atoms with Crippen molar-refractivity contribution < 1.29 is 5.11 Å². The summed E-state index contributed by atoms with van der Waals surface area (Å²) >= 11 is 6.04. The van der Waals surface area contributed by atoms with Gasteiger partial charge in [0.1, 0.15) is 11.3 Å². The van der Waals surface area contributed by atoms with Crippen LogP contribution < -0.4 is 0 Å². The molecular weight excluding hydrogens is 344 g/mol. The predicted octanol–water partition coefficient (Wildman–Crippen LogP) is 5.96. The van der Waals surface area contributed by atoms with Gasteiger partial charge in [0.15, 0.2) is 0 Å². The second-order valence-corrected chi connectivity index (χ2v) is 6.62. The van der Waals surface area contributed by atoms with E-state index in [4.69, 9.17) is 21.6 Å². The van der Waals surface area contributed by atoms with E-state index in [9.17, 15) is 5.11 Å². The van der Waals surface area contributed by atoms with Crippen molar-refractivity contribution in [2.75, 3.05) is 0 Å². The van der Waals surface area contributed by atoms with Crippen molar-refractivity contribution in [1.82, 2.24) is 9.97 Å². The van der Waals surface area contributed by atoms with Crippen LogP contribution in [0.25, 0.3) is 44.0 Å². The summed E-state index contributed by atoms with van der Waals surface area (Å²) in [6, 6.07) is 22.9. The van der Waals surface area contributed by atoms with E-state index in [1.54, 1.807) is 0 Å². The van der Waals surface area contributed by atoms with Gasteiger partial charge < -0.3 is 5.11 Å². The van der Waals surface area contributed by atoms with Crippen molar-refractivity contribution in [3.05, 3.63) is 77.8 Å². The van der Waals surface area contributed by atoms with Crippen molar-refractivity contribution >= 4 is 44.4 Å². The molecule has 5 rings (SSSR count). The third-order valence-corrected chi connectivity index (χ3v) is 4.87. The van der Waals surface area contributed by atoms with Crippen LogP contribution in [0.4, 0.5) is 0 Å². The number of hydrogen-bond acceptors (Lipinski definition) is 3. The zero-order valence-corrected chi connectivity index (χ0v) is 14.4. The Labute approximate surface area is 154 Å². The van der Waals surface area contributed by atoms with E-state index in [2.05, 4.69) is 0 Å². The van der Waals surface area contributed by atoms with Gasteiger partial charge in [-0.2, -0.15) is 0 Å². The van der Waals surface area contributed by atoms with E-state index in [1.807, 2.05) is 72.8 Å². The second kappa shape index (κ2) is 5.68. The van der Waals surface area contributed by atoms with Crippen LogP contribution in [-0.2, 0) is 0 Å². The van der Waals surface area contributed by atoms with Gasteiger partial charge in [-0.1, -0.05) is 60.1 Å². The molecule has 0 radical (unpaired) electrons. The maximum absolute atomic E-state index is 11.0. The lowest BCUT2D eigenvalue weighted by Crippen LogP contribution is -1.93. The molecule has 1 heterocycles. The smallest absolute Gasteiger partial charge is 0.133 e. The highest BCUT2D eigenvalue weighted by atomic mass is 35.5. The number of benzene rings is 4. The molecule has 0 fully saturated rings. The zero-order chi connectivity index (χ0) is 17.7. The highest BCUT2D eigenvalue weighted by molar-refractivity contribution is 6.30. The number of aromatic nitrogens is 2. The normalized spacial score (nSPS) is 11.4. The van der Waals surface area contributed by atoms with Crippen molar-refractivity contribution in [3.63, 3.8) is 0 Å². The molecule has 26 heavy (non-hydrogen) atoms. The number of aromatic hydroxyl groups is 1. The molecule has 1 N–H and O–H groups in total. The van der Waals surface area contributed by atoms with Crippen molar-refractivity contribution in [2.24, 2.45) is 0 Å². The fourth-order valence-corrected chi connectivity index (χ4v) is 3.52. The predicted molar refractivity (Wildman–Crippen MR) is 107 cm³/mol. The Morgan fingerprint density at radius 1 is 0.654 bits per heavy atom. The Morgan fingerprint density at radius 3 is 1.92 bits per heavy atom. The van der Waals surface area contributed by atoms with Crippen LogP contribution in [0.1, 0.15) is 0 Å². The number of fused-ring (bicyclic) bond motifs is 4. The van der Waals surface area contributed by atoms with Crippen LogP contribution in [0.3, 0.4) is 0 Å². The lowest BCUT2D eigenvalue weighted by molar-refractivity contribution is 0.484. The lowest BCUT2D eigenvalue weighted by Gasteiger charge is -2.13. The number of phenols is 1. The molecule has 4 heteroatoms. The van der Waals surface area contributed by atoms with Gasteiger partial charge in [-0.3, -0.25) is 0 Å². The molecule has 1 aromatic heterocycles. The summed E-state index contributed by atoms with van der Waals surface area (Å²) in [7, 11) is 0. The molecule has 5 aromatic rings. The molecule has 124 valence electrons. The van der Waals surface area contributed by atoms with E-state index >= 15 is 0 Å². The van der Waals surface area contributed by atoms with E-state index in [1.165, 1.54) is 0 Å². The zero-order valence-electron chi connectivity index (χ0n) is 13.6. The summed E-state index contributed by atoms with van der Waals surface area (Å²) in [4.78, 5) is 9.68. The first-order valence-electron chi connectivity index (χ1n) is 8.28. The van der Waals surface area contributed by atoms with Gasteiger partial charge in [0.2, 0.25) is 0 Å². The summed E-state index contributed by atoms with van der Waals surface area (Å²) in [5.41, 5.74) is 4.62. The summed E-state index contributed by atoms with van der Waals surface area (Å²) in [6.07, 6.45) is 0. The van der Waals surface area contributed by atoms with Gasteiger partial charge >= 0.3 is 0 Å². The SMILES string of the molecule is Oc1c(-c2ccc(Cl)cc2)c2nc3ccccc3nc2c2ccccc12. The lowest BCUT2D eigenvalue weighted by atomic mass is 9.97. The summed E-state index contributed by atoms with van der Waals surface area (Å²) < 4.78 is 0. The molecule has 0 aliphatic rings. The first-order valence-corrected chi connectivity index (χ1v) is 8.66. The number of rotatable bonds is 1. The van der Waals surface area contributed by atoms with Crippen molar-refractivity contribution in [3.8, 4) is 16.9 Å². The molecule has 0 atom stereocenters. The Balaban J connectivity index is 2.02. The average Bonchev–Trinajstić information content (AvgIpc) is 2.68. The van der Waals surface area contributed by atoms with E-state index in [0.29, 0.717) is 16.1 Å². The number of nitrogens with zero attached hydrogens (tertiary/aromatic N) is 2. The average molecular weight is 357 g/mol. The van der Waals surface area contributed by atoms with Gasteiger partial charge in [0.05, 0.1) is 22.1 Å². The van der Waals surface area contributed by atoms with Gasteiger partial charge in [-0.15, -0.1) is 0 Å². The molecule has 3 nitrogen and oxygen atoms in total. The maximum atomic E-state index is 11.0. The molecule has 0 aliphatic heterocycles. The molecule has 4 aromatic carbocycles. The van der Waals surface area contributed by atoms with Crippen LogP contribution in [0.5, 0.6) is 5.75 Å². The quantitative estimate of drug-likeness (QED) is 0.297. The van der Waals surface area contributed by atoms with E-state index < -0.39 is 0 Å². The minimum absolute atomic E-state index is 0.208. The Bertz CT molecular complexity index is 1300. The third kappa shape index (κ3) is 2.21. The largest absolute Gasteiger partial charge is 0.507 e. The molecular formula is C22H13ClN2O. The standard InChI is InChI=1S/C22H13ClN2O/c23-14-11-9-13(10-12-14)19-21-20(15-5-1-2-6-16(15)22(19)26)24-17-7-3-4-8-18(17)25-21/h1-12,26H. The van der Waals surface area contributed by atoms with Crippen LogP contribution >= 0.6 is 11.6 Å². The fourth-order valence-electron chi connectivity index (χ4n) is 3.40. The molecule has 0 spiro atoms. The second-order valence-electron chi connectivity index (χ2n) is 6.19. The molecule has 0 aliphatic carbocycles. The highest BCUT2D eigenvalue weighted by Gasteiger charge is 2.18. The summed E-state index contributed by atoms with van der Waals surface area (Å²) in [6.45, 7) is 0. The Hall–Kier alpha value is -3.17. The van der Waals surface area contributed by atoms with E-state index in [0.717, 1.165) is 32.9 Å². The summed E-state index contributed by atoms with van der Waals surface area (Å²) in [5, 5.41) is 13.3. The maximum Gasteiger partial charge on any atom is 0.133 e. The van der Waals surface area contributed by atoms with Crippen molar-refractivity contribution in [2.45, 2.75) is 0 Å². The number of halogens is 1. The van der Waals surface area contributed by atoms with Crippen LogP contribution in [-0.4, -0.2) is 15.1 Å². The molecule has 0 saturated carbocycles. The summed E-state index contributed by atoms with van der Waals surface area (Å²) in [5.74, 6) is 0.208. The van der Waals surface area contributed by atoms with E-state index in [-0.39, 0.29) is 5.75 Å².